The van der Waals surface area contributed by atoms with Crippen LogP contribution >= 0.6 is 0 Å². The highest BCUT2D eigenvalue weighted by atomic mass is 19.1. The summed E-state index contributed by atoms with van der Waals surface area (Å²) in [5.74, 6) is -2.23. The molecular formula is C12H15F2NO3. The number of halogens is 2. The number of carbonyl (C=O) groups is 1. The Kier molecular flexibility index (Phi) is 5.03. The van der Waals surface area contributed by atoms with Gasteiger partial charge >= 0.3 is 5.97 Å². The van der Waals surface area contributed by atoms with Gasteiger partial charge in [-0.3, -0.25) is 4.79 Å². The smallest absolute Gasteiger partial charge is 0.307 e. The summed E-state index contributed by atoms with van der Waals surface area (Å²) >= 11 is 0. The fourth-order valence-electron chi connectivity index (χ4n) is 1.53. The van der Waals surface area contributed by atoms with Gasteiger partial charge in [-0.2, -0.15) is 0 Å². The van der Waals surface area contributed by atoms with Gasteiger partial charge in [-0.15, -0.1) is 0 Å². The zero-order chi connectivity index (χ0) is 13.7. The van der Waals surface area contributed by atoms with Crippen LogP contribution in [0.25, 0.3) is 0 Å². The van der Waals surface area contributed by atoms with Gasteiger partial charge < -0.3 is 15.2 Å². The van der Waals surface area contributed by atoms with Crippen molar-refractivity contribution in [1.82, 2.24) is 0 Å². The molecule has 0 aromatic heterocycles. The number of carbonyl (C=O) groups excluding carboxylic acids is 1. The molecule has 1 rings (SSSR count). The first-order valence-corrected chi connectivity index (χ1v) is 5.43. The Labute approximate surface area is 104 Å². The van der Waals surface area contributed by atoms with Crippen LogP contribution in [0.3, 0.4) is 0 Å². The van der Waals surface area contributed by atoms with E-state index in [0.717, 1.165) is 12.1 Å². The molecule has 1 aromatic carbocycles. The molecule has 0 bridgehead atoms. The normalized spacial score (nSPS) is 12.1. The Morgan fingerprint density at radius 3 is 2.39 bits per heavy atom. The second-order valence-corrected chi connectivity index (χ2v) is 3.62. The highest BCUT2D eigenvalue weighted by Crippen LogP contribution is 2.26. The van der Waals surface area contributed by atoms with Crippen LogP contribution in [0.2, 0.25) is 0 Å². The minimum atomic E-state index is -1.09. The average Bonchev–Trinajstić information content (AvgIpc) is 2.27. The first kappa shape index (κ1) is 14.4. The van der Waals surface area contributed by atoms with E-state index in [9.17, 15) is 13.6 Å². The van der Waals surface area contributed by atoms with E-state index in [4.69, 9.17) is 10.5 Å². The van der Waals surface area contributed by atoms with Crippen LogP contribution in [0.5, 0.6) is 5.75 Å². The SMILES string of the molecule is CCOC(=O)C[C@@H](N)c1c(F)cc(OC)cc1F. The van der Waals surface area contributed by atoms with E-state index >= 15 is 0 Å². The summed E-state index contributed by atoms with van der Waals surface area (Å²) < 4.78 is 36.7. The van der Waals surface area contributed by atoms with Crippen molar-refractivity contribution >= 4 is 5.97 Å². The monoisotopic (exact) mass is 259 g/mol. The number of esters is 1. The fraction of sp³-hybridized carbons (Fsp3) is 0.417. The standard InChI is InChI=1S/C12H15F2NO3/c1-3-18-11(16)6-10(15)12-8(13)4-7(17-2)5-9(12)14/h4-5,10H,3,6,15H2,1-2H3/t10-/m1/s1. The highest BCUT2D eigenvalue weighted by Gasteiger charge is 2.21. The molecule has 0 saturated carbocycles. The number of hydrogen-bond acceptors (Lipinski definition) is 4. The Balaban J connectivity index is 2.92. The molecule has 1 atom stereocenters. The summed E-state index contributed by atoms with van der Waals surface area (Å²) in [7, 11) is 1.30. The minimum absolute atomic E-state index is 0.0529. The van der Waals surface area contributed by atoms with Crippen LogP contribution in [0, 0.1) is 11.6 Å². The summed E-state index contributed by atoms with van der Waals surface area (Å²) in [6.45, 7) is 1.83. The average molecular weight is 259 g/mol. The predicted octanol–water partition coefficient (Wildman–Crippen LogP) is 1.93. The van der Waals surface area contributed by atoms with E-state index in [2.05, 4.69) is 4.74 Å². The van der Waals surface area contributed by atoms with Crippen LogP contribution in [-0.2, 0) is 9.53 Å². The van der Waals surface area contributed by atoms with Gasteiger partial charge in [-0.25, -0.2) is 8.78 Å². The number of benzene rings is 1. The maximum absolute atomic E-state index is 13.6. The molecule has 0 aliphatic heterocycles. The molecule has 0 heterocycles. The molecule has 0 unspecified atom stereocenters. The summed E-state index contributed by atoms with van der Waals surface area (Å²) in [5.41, 5.74) is 5.25. The number of rotatable bonds is 5. The van der Waals surface area contributed by atoms with Crippen molar-refractivity contribution in [3.05, 3.63) is 29.3 Å². The zero-order valence-corrected chi connectivity index (χ0v) is 10.2. The quantitative estimate of drug-likeness (QED) is 0.821. The topological polar surface area (TPSA) is 61.5 Å². The van der Waals surface area contributed by atoms with Crippen LogP contribution in [-0.4, -0.2) is 19.7 Å². The third kappa shape index (κ3) is 3.40. The molecule has 0 saturated heterocycles. The number of ether oxygens (including phenoxy) is 2. The molecule has 0 spiro atoms. The number of methoxy groups -OCH3 is 1. The van der Waals surface area contributed by atoms with E-state index in [0.29, 0.717) is 0 Å². The maximum Gasteiger partial charge on any atom is 0.307 e. The molecule has 1 aromatic rings. The van der Waals surface area contributed by atoms with E-state index < -0.39 is 23.6 Å². The predicted molar refractivity (Wildman–Crippen MR) is 61.1 cm³/mol. The Morgan fingerprint density at radius 2 is 1.94 bits per heavy atom. The molecule has 100 valence electrons. The van der Waals surface area contributed by atoms with Crippen LogP contribution in [0.15, 0.2) is 12.1 Å². The van der Waals surface area contributed by atoms with Gasteiger partial charge in [-0.05, 0) is 6.92 Å². The third-order valence-corrected chi connectivity index (χ3v) is 2.35. The lowest BCUT2D eigenvalue weighted by molar-refractivity contribution is -0.143. The van der Waals surface area contributed by atoms with Gasteiger partial charge in [0.2, 0.25) is 0 Å². The van der Waals surface area contributed by atoms with Gasteiger partial charge in [0.15, 0.2) is 0 Å². The van der Waals surface area contributed by atoms with E-state index in [1.165, 1.54) is 7.11 Å². The lowest BCUT2D eigenvalue weighted by atomic mass is 10.0. The molecule has 0 amide bonds. The molecule has 4 nitrogen and oxygen atoms in total. The third-order valence-electron chi connectivity index (χ3n) is 2.35. The van der Waals surface area contributed by atoms with Crippen molar-refractivity contribution in [3.63, 3.8) is 0 Å². The zero-order valence-electron chi connectivity index (χ0n) is 10.2. The van der Waals surface area contributed by atoms with Crippen LogP contribution in [0.4, 0.5) is 8.78 Å². The molecule has 0 fully saturated rings. The molecule has 2 N–H and O–H groups in total. The summed E-state index contributed by atoms with van der Waals surface area (Å²) in [5, 5.41) is 0. The Hall–Kier alpha value is -1.69. The van der Waals surface area contributed by atoms with Crippen molar-refractivity contribution < 1.29 is 23.0 Å². The minimum Gasteiger partial charge on any atom is -0.497 e. The lowest BCUT2D eigenvalue weighted by Crippen LogP contribution is -2.19. The van der Waals surface area contributed by atoms with Crippen molar-refractivity contribution in [2.75, 3.05) is 13.7 Å². The van der Waals surface area contributed by atoms with Gasteiger partial charge in [0.1, 0.15) is 17.4 Å². The van der Waals surface area contributed by atoms with Gasteiger partial charge in [0.05, 0.1) is 20.1 Å². The van der Waals surface area contributed by atoms with Gasteiger partial charge in [0.25, 0.3) is 0 Å². The van der Waals surface area contributed by atoms with E-state index in [1.807, 2.05) is 0 Å². The molecule has 0 radical (unpaired) electrons. The van der Waals surface area contributed by atoms with Crippen molar-refractivity contribution in [3.8, 4) is 5.75 Å². The number of nitrogens with two attached hydrogens (primary N) is 1. The van der Waals surface area contributed by atoms with E-state index in [-0.39, 0.29) is 24.3 Å². The summed E-state index contributed by atoms with van der Waals surface area (Å²) in [6, 6.07) is 0.947. The van der Waals surface area contributed by atoms with Crippen LogP contribution < -0.4 is 10.5 Å². The largest absolute Gasteiger partial charge is 0.497 e. The second kappa shape index (κ2) is 6.30. The Bertz CT molecular complexity index is 414. The molecule has 18 heavy (non-hydrogen) atoms. The summed E-state index contributed by atoms with van der Waals surface area (Å²) in [6.07, 6.45) is -0.284. The molecular weight excluding hydrogens is 244 g/mol. The van der Waals surface area contributed by atoms with Crippen LogP contribution in [0.1, 0.15) is 24.9 Å². The van der Waals surface area contributed by atoms with Crippen molar-refractivity contribution in [2.45, 2.75) is 19.4 Å². The van der Waals surface area contributed by atoms with Crippen molar-refractivity contribution in [1.29, 1.82) is 0 Å². The van der Waals surface area contributed by atoms with Gasteiger partial charge in [0, 0.05) is 23.7 Å². The highest BCUT2D eigenvalue weighted by molar-refractivity contribution is 5.70. The first-order valence-electron chi connectivity index (χ1n) is 5.43. The molecule has 0 aliphatic rings. The van der Waals surface area contributed by atoms with E-state index in [1.54, 1.807) is 6.92 Å². The van der Waals surface area contributed by atoms with Crippen molar-refractivity contribution in [2.24, 2.45) is 5.73 Å². The molecule has 0 aliphatic carbocycles. The molecule has 6 heteroatoms. The van der Waals surface area contributed by atoms with Gasteiger partial charge in [-0.1, -0.05) is 0 Å². The fourth-order valence-corrected chi connectivity index (χ4v) is 1.53. The Morgan fingerprint density at radius 1 is 1.39 bits per heavy atom. The summed E-state index contributed by atoms with van der Waals surface area (Å²) in [4.78, 5) is 11.2. The maximum atomic E-state index is 13.6. The number of hydrogen-bond donors (Lipinski definition) is 1. The second-order valence-electron chi connectivity index (χ2n) is 3.62. The first-order chi connectivity index (χ1) is 8.49. The lowest BCUT2D eigenvalue weighted by Gasteiger charge is -2.14.